The highest BCUT2D eigenvalue weighted by Gasteiger charge is 2.40. The highest BCUT2D eigenvalue weighted by molar-refractivity contribution is 7.90. The second-order valence-electron chi connectivity index (χ2n) is 5.30. The number of halogens is 2. The second kappa shape index (κ2) is 6.42. The molecule has 1 heterocycles. The molecule has 0 saturated heterocycles. The zero-order valence-corrected chi connectivity index (χ0v) is 14.3. The SMILES string of the molecule is O=C(NS(=O)(=O)c1ccc(Cl)cc1)C1(c2ccc(F)cc2)C=CC=N1. The highest BCUT2D eigenvalue weighted by atomic mass is 35.5. The molecular weight excluding hydrogens is 367 g/mol. The summed E-state index contributed by atoms with van der Waals surface area (Å²) in [6.45, 7) is 0. The Bertz CT molecular complexity index is 956. The van der Waals surface area contributed by atoms with Gasteiger partial charge in [0.25, 0.3) is 15.9 Å². The van der Waals surface area contributed by atoms with Gasteiger partial charge in [0.15, 0.2) is 5.54 Å². The highest BCUT2D eigenvalue weighted by Crippen LogP contribution is 2.31. The molecule has 1 amide bonds. The van der Waals surface area contributed by atoms with Gasteiger partial charge in [-0.15, -0.1) is 0 Å². The smallest absolute Gasteiger partial charge is 0.270 e. The predicted octanol–water partition coefficient (Wildman–Crippen LogP) is 2.82. The fraction of sp³-hybridized carbons (Fsp3) is 0.0588. The summed E-state index contributed by atoms with van der Waals surface area (Å²) in [4.78, 5) is 16.7. The first-order chi connectivity index (χ1) is 11.8. The summed E-state index contributed by atoms with van der Waals surface area (Å²) >= 11 is 5.74. The maximum absolute atomic E-state index is 13.2. The molecule has 0 fully saturated rings. The van der Waals surface area contributed by atoms with Gasteiger partial charge in [-0.05, 0) is 54.1 Å². The number of benzene rings is 2. The van der Waals surface area contributed by atoms with E-state index in [1.807, 2.05) is 4.72 Å². The number of hydrogen-bond donors (Lipinski definition) is 1. The van der Waals surface area contributed by atoms with Crippen LogP contribution < -0.4 is 4.72 Å². The van der Waals surface area contributed by atoms with Gasteiger partial charge >= 0.3 is 0 Å². The number of hydrogen-bond acceptors (Lipinski definition) is 4. The fourth-order valence-electron chi connectivity index (χ4n) is 2.40. The van der Waals surface area contributed by atoms with Crippen LogP contribution in [0.5, 0.6) is 0 Å². The van der Waals surface area contributed by atoms with Gasteiger partial charge in [-0.25, -0.2) is 17.5 Å². The molecule has 1 atom stereocenters. The van der Waals surface area contributed by atoms with Crippen LogP contribution >= 0.6 is 11.6 Å². The molecule has 25 heavy (non-hydrogen) atoms. The van der Waals surface area contributed by atoms with Crippen molar-refractivity contribution < 1.29 is 17.6 Å². The third kappa shape index (κ3) is 3.33. The Kier molecular flexibility index (Phi) is 4.45. The number of allylic oxidation sites excluding steroid dienone is 1. The number of carbonyl (C=O) groups excluding carboxylic acids is 1. The van der Waals surface area contributed by atoms with Crippen LogP contribution in [-0.4, -0.2) is 20.5 Å². The van der Waals surface area contributed by atoms with Gasteiger partial charge in [-0.1, -0.05) is 23.7 Å². The molecule has 128 valence electrons. The van der Waals surface area contributed by atoms with Crippen molar-refractivity contribution in [3.05, 3.63) is 77.1 Å². The normalized spacial score (nSPS) is 19.1. The van der Waals surface area contributed by atoms with E-state index in [9.17, 15) is 17.6 Å². The van der Waals surface area contributed by atoms with Gasteiger partial charge < -0.3 is 0 Å². The van der Waals surface area contributed by atoms with Crippen LogP contribution in [0.1, 0.15) is 5.56 Å². The maximum Gasteiger partial charge on any atom is 0.270 e. The molecule has 2 aromatic rings. The molecule has 3 rings (SSSR count). The largest absolute Gasteiger partial charge is 0.270 e. The molecule has 5 nitrogen and oxygen atoms in total. The van der Waals surface area contributed by atoms with E-state index in [0.29, 0.717) is 10.6 Å². The Morgan fingerprint density at radius 2 is 1.72 bits per heavy atom. The van der Waals surface area contributed by atoms with Crippen molar-refractivity contribution in [2.75, 3.05) is 0 Å². The molecular formula is C17H12ClFN2O3S. The lowest BCUT2D eigenvalue weighted by atomic mass is 9.90. The Hall–Kier alpha value is -2.51. The summed E-state index contributed by atoms with van der Waals surface area (Å²) in [7, 11) is -4.11. The number of nitrogens with zero attached hydrogens (tertiary/aromatic N) is 1. The summed E-state index contributed by atoms with van der Waals surface area (Å²) in [5, 5.41) is 0.372. The van der Waals surface area contributed by atoms with E-state index in [0.717, 1.165) is 0 Å². The van der Waals surface area contributed by atoms with Crippen molar-refractivity contribution in [2.24, 2.45) is 4.99 Å². The van der Waals surface area contributed by atoms with E-state index in [1.165, 1.54) is 66.9 Å². The molecule has 0 aliphatic carbocycles. The monoisotopic (exact) mass is 378 g/mol. The number of aliphatic imine (C=N–C) groups is 1. The summed E-state index contributed by atoms with van der Waals surface area (Å²) in [6.07, 6.45) is 4.36. The molecule has 1 aliphatic heterocycles. The minimum atomic E-state index is -4.11. The van der Waals surface area contributed by atoms with Gasteiger partial charge in [-0.2, -0.15) is 0 Å². The van der Waals surface area contributed by atoms with Gasteiger partial charge in [0.1, 0.15) is 5.82 Å². The van der Waals surface area contributed by atoms with Crippen LogP contribution in [0.15, 0.2) is 70.6 Å². The van der Waals surface area contributed by atoms with E-state index in [1.54, 1.807) is 0 Å². The first-order valence-electron chi connectivity index (χ1n) is 7.15. The van der Waals surface area contributed by atoms with Gasteiger partial charge in [-0.3, -0.25) is 9.79 Å². The minimum Gasteiger partial charge on any atom is -0.270 e. The first kappa shape index (κ1) is 17.3. The van der Waals surface area contributed by atoms with E-state index in [-0.39, 0.29) is 4.90 Å². The average Bonchev–Trinajstić information content (AvgIpc) is 3.06. The quantitative estimate of drug-likeness (QED) is 0.888. The Labute approximate surface area is 148 Å². The van der Waals surface area contributed by atoms with Gasteiger partial charge in [0, 0.05) is 11.2 Å². The summed E-state index contributed by atoms with van der Waals surface area (Å²) in [6, 6.07) is 10.5. The number of sulfonamides is 1. The van der Waals surface area contributed by atoms with Crippen molar-refractivity contribution in [1.82, 2.24) is 4.72 Å². The predicted molar refractivity (Wildman–Crippen MR) is 92.5 cm³/mol. The summed E-state index contributed by atoms with van der Waals surface area (Å²) in [5.74, 6) is -1.34. The lowest BCUT2D eigenvalue weighted by Gasteiger charge is -2.23. The topological polar surface area (TPSA) is 75.6 Å². The molecule has 8 heteroatoms. The van der Waals surface area contributed by atoms with Gasteiger partial charge in [0.05, 0.1) is 4.90 Å². The molecule has 0 spiro atoms. The van der Waals surface area contributed by atoms with E-state index in [4.69, 9.17) is 11.6 Å². The third-order valence-electron chi connectivity index (χ3n) is 3.68. The third-order valence-corrected chi connectivity index (χ3v) is 5.28. The maximum atomic E-state index is 13.2. The standard InChI is InChI=1S/C17H12ClFN2O3S/c18-13-4-8-15(9-5-13)25(23,24)21-16(22)17(10-1-11-20-17)12-2-6-14(19)7-3-12/h1-11H,(H,21,22). The molecule has 1 unspecified atom stereocenters. The zero-order chi connectivity index (χ0) is 18.1. The second-order valence-corrected chi connectivity index (χ2v) is 7.42. The Morgan fingerprint density at radius 3 is 2.28 bits per heavy atom. The lowest BCUT2D eigenvalue weighted by Crippen LogP contribution is -2.43. The summed E-state index contributed by atoms with van der Waals surface area (Å²) < 4.78 is 40.0. The number of carbonyl (C=O) groups is 1. The minimum absolute atomic E-state index is 0.106. The number of nitrogens with one attached hydrogen (secondary N) is 1. The van der Waals surface area contributed by atoms with Crippen LogP contribution in [0.4, 0.5) is 4.39 Å². The van der Waals surface area contributed by atoms with Crippen molar-refractivity contribution in [1.29, 1.82) is 0 Å². The number of rotatable bonds is 4. The van der Waals surface area contributed by atoms with Crippen molar-refractivity contribution in [3.63, 3.8) is 0 Å². The van der Waals surface area contributed by atoms with E-state index >= 15 is 0 Å². The van der Waals surface area contributed by atoms with Crippen LogP contribution in [0.25, 0.3) is 0 Å². The Morgan fingerprint density at radius 1 is 1.08 bits per heavy atom. The van der Waals surface area contributed by atoms with Crippen LogP contribution in [0, 0.1) is 5.82 Å². The Balaban J connectivity index is 1.95. The van der Waals surface area contributed by atoms with E-state index < -0.39 is 27.3 Å². The lowest BCUT2D eigenvalue weighted by molar-refractivity contribution is -0.123. The molecule has 1 N–H and O–H groups in total. The van der Waals surface area contributed by atoms with Crippen molar-refractivity contribution in [2.45, 2.75) is 10.4 Å². The average molecular weight is 379 g/mol. The van der Waals surface area contributed by atoms with Crippen LogP contribution in [0.3, 0.4) is 0 Å². The fourth-order valence-corrected chi connectivity index (χ4v) is 3.54. The molecule has 0 radical (unpaired) electrons. The molecule has 2 aromatic carbocycles. The van der Waals surface area contributed by atoms with Crippen LogP contribution in [0.2, 0.25) is 5.02 Å². The van der Waals surface area contributed by atoms with Gasteiger partial charge in [0.2, 0.25) is 0 Å². The molecule has 0 bridgehead atoms. The van der Waals surface area contributed by atoms with Crippen molar-refractivity contribution >= 4 is 33.7 Å². The van der Waals surface area contributed by atoms with E-state index in [2.05, 4.69) is 4.99 Å². The molecule has 1 aliphatic rings. The first-order valence-corrected chi connectivity index (χ1v) is 9.01. The molecule has 0 saturated carbocycles. The van der Waals surface area contributed by atoms with Crippen LogP contribution in [-0.2, 0) is 20.4 Å². The molecule has 0 aromatic heterocycles. The zero-order valence-electron chi connectivity index (χ0n) is 12.7. The summed E-state index contributed by atoms with van der Waals surface area (Å²) in [5.41, 5.74) is -1.21. The number of amides is 1. The van der Waals surface area contributed by atoms with Crippen molar-refractivity contribution in [3.8, 4) is 0 Å².